The van der Waals surface area contributed by atoms with E-state index in [9.17, 15) is 9.59 Å². The number of methoxy groups -OCH3 is 1. The van der Waals surface area contributed by atoms with Crippen molar-refractivity contribution < 1.29 is 23.5 Å². The Labute approximate surface area is 185 Å². The van der Waals surface area contributed by atoms with Crippen LogP contribution in [0.1, 0.15) is 27.2 Å². The van der Waals surface area contributed by atoms with Crippen LogP contribution in [-0.2, 0) is 4.79 Å². The molecular formula is C26H23NO5. The number of anilines is 1. The van der Waals surface area contributed by atoms with Crippen LogP contribution >= 0.6 is 0 Å². The first kappa shape index (κ1) is 21.2. The van der Waals surface area contributed by atoms with Gasteiger partial charge in [0.05, 0.1) is 12.8 Å². The van der Waals surface area contributed by atoms with Gasteiger partial charge >= 0.3 is 0 Å². The smallest absolute Gasteiger partial charge is 0.262 e. The number of fused-ring (bicyclic) bond motifs is 1. The fraction of sp³-hybridized carbons (Fsp3) is 0.154. The molecule has 4 rings (SSSR count). The molecule has 0 radical (unpaired) electrons. The lowest BCUT2D eigenvalue weighted by Crippen LogP contribution is -2.21. The number of ether oxygens (including phenoxy) is 2. The van der Waals surface area contributed by atoms with Crippen LogP contribution in [0.25, 0.3) is 11.0 Å². The number of hydrogen-bond acceptors (Lipinski definition) is 5. The normalized spacial score (nSPS) is 10.7. The number of furan rings is 1. The van der Waals surface area contributed by atoms with Crippen molar-refractivity contribution in [2.75, 3.05) is 19.0 Å². The molecule has 0 aliphatic rings. The molecule has 0 atom stereocenters. The van der Waals surface area contributed by atoms with Crippen LogP contribution in [0.15, 0.2) is 71.1 Å². The first-order chi connectivity index (χ1) is 15.5. The fourth-order valence-corrected chi connectivity index (χ4v) is 3.35. The summed E-state index contributed by atoms with van der Waals surface area (Å²) >= 11 is 0. The lowest BCUT2D eigenvalue weighted by Gasteiger charge is -2.09. The van der Waals surface area contributed by atoms with E-state index in [0.717, 1.165) is 11.1 Å². The van der Waals surface area contributed by atoms with Crippen molar-refractivity contribution in [2.45, 2.75) is 13.8 Å². The maximum Gasteiger partial charge on any atom is 0.262 e. The molecule has 0 bridgehead atoms. The van der Waals surface area contributed by atoms with E-state index in [2.05, 4.69) is 5.32 Å². The van der Waals surface area contributed by atoms with Gasteiger partial charge in [-0.15, -0.1) is 0 Å². The summed E-state index contributed by atoms with van der Waals surface area (Å²) < 4.78 is 16.7. The van der Waals surface area contributed by atoms with Crippen molar-refractivity contribution in [3.8, 4) is 11.5 Å². The Balaban J connectivity index is 1.60. The van der Waals surface area contributed by atoms with Gasteiger partial charge in [-0.2, -0.15) is 0 Å². The van der Waals surface area contributed by atoms with Crippen LogP contribution < -0.4 is 14.8 Å². The molecule has 1 N–H and O–H groups in total. The van der Waals surface area contributed by atoms with Crippen molar-refractivity contribution in [3.63, 3.8) is 0 Å². The van der Waals surface area contributed by atoms with E-state index in [1.807, 2.05) is 38.1 Å². The Morgan fingerprint density at radius 3 is 2.50 bits per heavy atom. The lowest BCUT2D eigenvalue weighted by atomic mass is 10.1. The zero-order valence-corrected chi connectivity index (χ0v) is 18.1. The van der Waals surface area contributed by atoms with E-state index in [-0.39, 0.29) is 18.2 Å². The van der Waals surface area contributed by atoms with Crippen LogP contribution in [0.5, 0.6) is 11.5 Å². The standard InChI is InChI=1S/C26H23NO5/c1-16-11-12-20(13-17(16)2)31-15-23(28)27-24-21-9-4-5-10-22(21)32-26(24)25(29)18-7-6-8-19(14-18)30-3/h4-14H,15H2,1-3H3,(H,27,28). The van der Waals surface area contributed by atoms with Gasteiger partial charge in [0, 0.05) is 10.9 Å². The highest BCUT2D eigenvalue weighted by atomic mass is 16.5. The Hall–Kier alpha value is -4.06. The van der Waals surface area contributed by atoms with Crippen LogP contribution in [0.4, 0.5) is 5.69 Å². The van der Waals surface area contributed by atoms with E-state index >= 15 is 0 Å². The van der Waals surface area contributed by atoms with Crippen LogP contribution in [0.3, 0.4) is 0 Å². The van der Waals surface area contributed by atoms with Gasteiger partial charge in [0.1, 0.15) is 17.1 Å². The Kier molecular flexibility index (Phi) is 5.94. The second-order valence-electron chi connectivity index (χ2n) is 7.45. The van der Waals surface area contributed by atoms with E-state index in [4.69, 9.17) is 13.9 Å². The number of ketones is 1. The highest BCUT2D eigenvalue weighted by Gasteiger charge is 2.24. The molecule has 0 aliphatic carbocycles. The minimum atomic E-state index is -0.394. The van der Waals surface area contributed by atoms with Crippen molar-refractivity contribution in [1.29, 1.82) is 0 Å². The third-order valence-corrected chi connectivity index (χ3v) is 5.25. The second-order valence-corrected chi connectivity index (χ2v) is 7.45. The number of rotatable bonds is 7. The molecule has 1 amide bonds. The third kappa shape index (κ3) is 4.34. The van der Waals surface area contributed by atoms with E-state index in [1.54, 1.807) is 42.5 Å². The Bertz CT molecular complexity index is 1300. The molecule has 32 heavy (non-hydrogen) atoms. The molecule has 0 saturated carbocycles. The number of amides is 1. The summed E-state index contributed by atoms with van der Waals surface area (Å²) in [5.41, 5.74) is 3.44. The molecular weight excluding hydrogens is 406 g/mol. The minimum Gasteiger partial charge on any atom is -0.497 e. The molecule has 6 heteroatoms. The molecule has 0 fully saturated rings. The average Bonchev–Trinajstić information content (AvgIpc) is 3.17. The molecule has 0 unspecified atom stereocenters. The summed E-state index contributed by atoms with van der Waals surface area (Å²) in [6.45, 7) is 3.79. The first-order valence-electron chi connectivity index (χ1n) is 10.2. The van der Waals surface area contributed by atoms with Gasteiger partial charge in [0.15, 0.2) is 12.4 Å². The van der Waals surface area contributed by atoms with Crippen molar-refractivity contribution in [1.82, 2.24) is 0 Å². The van der Waals surface area contributed by atoms with E-state index in [0.29, 0.717) is 33.7 Å². The predicted molar refractivity (Wildman–Crippen MR) is 123 cm³/mol. The molecule has 4 aromatic rings. The summed E-state index contributed by atoms with van der Waals surface area (Å²) in [4.78, 5) is 25.9. The van der Waals surface area contributed by atoms with Crippen LogP contribution in [0, 0.1) is 13.8 Å². The largest absolute Gasteiger partial charge is 0.497 e. The second kappa shape index (κ2) is 8.98. The number of benzene rings is 3. The maximum absolute atomic E-state index is 13.2. The monoisotopic (exact) mass is 429 g/mol. The summed E-state index contributed by atoms with van der Waals surface area (Å²) in [7, 11) is 1.53. The average molecular weight is 429 g/mol. The van der Waals surface area contributed by atoms with E-state index < -0.39 is 5.91 Å². The molecule has 1 aromatic heterocycles. The van der Waals surface area contributed by atoms with Crippen molar-refractivity contribution in [2.24, 2.45) is 0 Å². The topological polar surface area (TPSA) is 77.8 Å². The van der Waals surface area contributed by atoms with Crippen LogP contribution in [0.2, 0.25) is 0 Å². The number of aryl methyl sites for hydroxylation is 2. The van der Waals surface area contributed by atoms with Gasteiger partial charge in [0.2, 0.25) is 5.78 Å². The molecule has 162 valence electrons. The number of carbonyl (C=O) groups is 2. The molecule has 3 aromatic carbocycles. The fourth-order valence-electron chi connectivity index (χ4n) is 3.35. The zero-order valence-electron chi connectivity index (χ0n) is 18.1. The van der Waals surface area contributed by atoms with Crippen molar-refractivity contribution in [3.05, 3.63) is 89.2 Å². The predicted octanol–water partition coefficient (Wildman–Crippen LogP) is 5.31. The summed E-state index contributed by atoms with van der Waals surface area (Å²) in [6.07, 6.45) is 0. The van der Waals surface area contributed by atoms with Gasteiger partial charge in [-0.3, -0.25) is 9.59 Å². The molecule has 0 spiro atoms. The molecule has 1 heterocycles. The number of hydrogen-bond donors (Lipinski definition) is 1. The number of nitrogens with one attached hydrogen (secondary N) is 1. The minimum absolute atomic E-state index is 0.0546. The highest BCUT2D eigenvalue weighted by molar-refractivity contribution is 6.17. The lowest BCUT2D eigenvalue weighted by molar-refractivity contribution is -0.118. The summed E-state index contributed by atoms with van der Waals surface area (Å²) in [6, 6.07) is 19.6. The molecule has 0 saturated heterocycles. The summed E-state index contributed by atoms with van der Waals surface area (Å²) in [5, 5.41) is 3.44. The van der Waals surface area contributed by atoms with Crippen LogP contribution in [-0.4, -0.2) is 25.4 Å². The molecule has 0 aliphatic heterocycles. The quantitative estimate of drug-likeness (QED) is 0.403. The van der Waals surface area contributed by atoms with Gasteiger partial charge in [-0.1, -0.05) is 30.3 Å². The summed E-state index contributed by atoms with van der Waals surface area (Å²) in [5.74, 6) is 0.464. The van der Waals surface area contributed by atoms with Gasteiger partial charge in [-0.25, -0.2) is 0 Å². The Morgan fingerprint density at radius 1 is 0.906 bits per heavy atom. The zero-order chi connectivity index (χ0) is 22.7. The SMILES string of the molecule is COc1cccc(C(=O)c2oc3ccccc3c2NC(=O)COc2ccc(C)c(C)c2)c1. The van der Waals surface area contributed by atoms with Gasteiger partial charge in [0.25, 0.3) is 5.91 Å². The van der Waals surface area contributed by atoms with Gasteiger partial charge in [-0.05, 0) is 61.4 Å². The van der Waals surface area contributed by atoms with Crippen molar-refractivity contribution >= 4 is 28.3 Å². The first-order valence-corrected chi connectivity index (χ1v) is 10.2. The maximum atomic E-state index is 13.2. The highest BCUT2D eigenvalue weighted by Crippen LogP contribution is 2.33. The van der Waals surface area contributed by atoms with Gasteiger partial charge < -0.3 is 19.2 Å². The molecule has 6 nitrogen and oxygen atoms in total. The Morgan fingerprint density at radius 2 is 1.72 bits per heavy atom. The number of carbonyl (C=O) groups excluding carboxylic acids is 2. The number of para-hydroxylation sites is 1. The third-order valence-electron chi connectivity index (χ3n) is 5.25. The van der Waals surface area contributed by atoms with E-state index in [1.165, 1.54) is 7.11 Å².